The van der Waals surface area contributed by atoms with Crippen molar-refractivity contribution in [2.45, 2.75) is 260 Å². The van der Waals surface area contributed by atoms with Crippen molar-refractivity contribution in [3.8, 4) is 0 Å². The third-order valence-electron chi connectivity index (χ3n) is 10.1. The van der Waals surface area contributed by atoms with Gasteiger partial charge in [0, 0.05) is 0 Å². The molecule has 0 saturated heterocycles. The summed E-state index contributed by atoms with van der Waals surface area (Å²) in [6, 6.07) is 0. The minimum absolute atomic E-state index is 0.424. The van der Waals surface area contributed by atoms with Gasteiger partial charge in [0.25, 0.3) is 0 Å². The third kappa shape index (κ3) is 37.6. The summed E-state index contributed by atoms with van der Waals surface area (Å²) in [6.07, 6.45) is 52.4. The molecule has 0 spiro atoms. The Bertz CT molecular complexity index is 507. The molecular weight excluding hydrogens is 743 g/mol. The monoisotopic (exact) mass is 834 g/mol. The van der Waals surface area contributed by atoms with Crippen molar-refractivity contribution < 1.29 is 0 Å². The summed E-state index contributed by atoms with van der Waals surface area (Å²) in [5.74, 6) is 4.18. The van der Waals surface area contributed by atoms with Crippen LogP contribution in [0, 0.1) is 0 Å². The molecule has 0 aliphatic heterocycles. The van der Waals surface area contributed by atoms with E-state index < -0.39 is 0 Å². The van der Waals surface area contributed by atoms with Gasteiger partial charge in [0.15, 0.2) is 0 Å². The van der Waals surface area contributed by atoms with Crippen LogP contribution in [-0.4, -0.2) is 43.2 Å². The Hall–Kier alpha value is 1.85. The molecule has 287 valence electrons. The van der Waals surface area contributed by atoms with Crippen LogP contribution < -0.4 is 0 Å². The standard InChI is InChI=1S/C44H89S3.Sn/c1-5-9-13-17-20-23-26-29-33-37-41-45-44(40-36-32-16-12-8-4,46-42-38-34-30-27-24-21-18-14-10-6-2)47-43-39-35-31-28-25-22-19-15-11-7-3;/h4-43H2,1-3H3;. The summed E-state index contributed by atoms with van der Waals surface area (Å²) in [4.78, 5) is 0. The summed E-state index contributed by atoms with van der Waals surface area (Å²) < 4.78 is 1.88. The zero-order chi connectivity index (χ0) is 34.9. The molecular formula is C44H89S3Sn. The number of rotatable bonds is 43. The predicted octanol–water partition coefficient (Wildman–Crippen LogP) is 17.5. The van der Waals surface area contributed by atoms with Gasteiger partial charge in [-0.3, -0.25) is 0 Å². The molecule has 0 amide bonds. The fraction of sp³-hybridized carbons (Fsp3) is 1.00. The predicted molar refractivity (Wildman–Crippen MR) is 234 cm³/mol. The van der Waals surface area contributed by atoms with E-state index in [4.69, 9.17) is 0 Å². The Morgan fingerprint density at radius 1 is 0.292 bits per heavy atom. The van der Waals surface area contributed by atoms with Gasteiger partial charge in [0.05, 0.1) is 0 Å². The third-order valence-corrected chi connectivity index (χ3v) is 16.7. The van der Waals surface area contributed by atoms with Gasteiger partial charge in [-0.25, -0.2) is 0 Å². The van der Waals surface area contributed by atoms with E-state index >= 15 is 0 Å². The van der Waals surface area contributed by atoms with E-state index in [0.717, 1.165) is 0 Å². The smallest absolute Gasteiger partial charge is 0.0654 e. The van der Waals surface area contributed by atoms with E-state index in [2.05, 4.69) is 56.1 Å². The molecule has 0 aliphatic rings. The van der Waals surface area contributed by atoms with Crippen molar-refractivity contribution >= 4 is 57.8 Å². The summed E-state index contributed by atoms with van der Waals surface area (Å²) >= 11 is 8.95. The zero-order valence-corrected chi connectivity index (χ0v) is 38.8. The van der Waals surface area contributed by atoms with Gasteiger partial charge in [-0.15, -0.1) is 0 Å². The van der Waals surface area contributed by atoms with Gasteiger partial charge >= 0.3 is 160 Å². The normalized spacial score (nSPS) is 12.0. The first-order valence-corrected chi connectivity index (χ1v) is 27.3. The number of hydrogen-bond acceptors (Lipinski definition) is 3. The number of hydrogen-bond donors (Lipinski definition) is 0. The quantitative estimate of drug-likeness (QED) is 0.0341. The van der Waals surface area contributed by atoms with Crippen LogP contribution in [0.15, 0.2) is 0 Å². The minimum atomic E-state index is 0.424. The van der Waals surface area contributed by atoms with E-state index in [1.54, 1.807) is 22.5 Å². The summed E-state index contributed by atoms with van der Waals surface area (Å²) in [6.45, 7) is 6.98. The second kappa shape index (κ2) is 43.3. The van der Waals surface area contributed by atoms with Crippen molar-refractivity contribution in [1.82, 2.24) is 0 Å². The van der Waals surface area contributed by atoms with Gasteiger partial charge < -0.3 is 0 Å². The molecule has 0 aromatic heterocycles. The Labute approximate surface area is 332 Å². The summed E-state index contributed by atoms with van der Waals surface area (Å²) in [7, 11) is 0. The average molecular weight is 833 g/mol. The van der Waals surface area contributed by atoms with E-state index in [-0.39, 0.29) is 0 Å². The molecule has 0 fully saturated rings. The van der Waals surface area contributed by atoms with E-state index in [9.17, 15) is 0 Å². The Morgan fingerprint density at radius 2 is 0.521 bits per heavy atom. The molecule has 0 N–H and O–H groups in total. The molecule has 0 unspecified atom stereocenters. The molecule has 48 heavy (non-hydrogen) atoms. The zero-order valence-electron chi connectivity index (χ0n) is 33.5. The Balaban J connectivity index is 4.76. The van der Waals surface area contributed by atoms with Crippen LogP contribution in [0.4, 0.5) is 0 Å². The van der Waals surface area contributed by atoms with E-state index in [0.29, 0.717) is 3.41 Å². The molecule has 0 aromatic rings. The molecule has 0 saturated carbocycles. The molecule has 0 atom stereocenters. The van der Waals surface area contributed by atoms with Crippen LogP contribution in [0.3, 0.4) is 0 Å². The van der Waals surface area contributed by atoms with Gasteiger partial charge in [0.1, 0.15) is 0 Å². The van der Waals surface area contributed by atoms with Crippen LogP contribution in [0.1, 0.15) is 252 Å². The van der Waals surface area contributed by atoms with E-state index in [1.807, 2.05) is 0 Å². The van der Waals surface area contributed by atoms with Gasteiger partial charge in [-0.05, 0) is 0 Å². The van der Waals surface area contributed by atoms with Crippen molar-refractivity contribution in [3.05, 3.63) is 0 Å². The maximum atomic E-state index is 2.41. The molecule has 0 heterocycles. The van der Waals surface area contributed by atoms with Crippen LogP contribution in [-0.2, 0) is 0 Å². The van der Waals surface area contributed by atoms with Crippen molar-refractivity contribution in [1.29, 1.82) is 0 Å². The van der Waals surface area contributed by atoms with Crippen LogP contribution >= 0.6 is 35.3 Å². The Morgan fingerprint density at radius 3 is 0.792 bits per heavy atom. The average Bonchev–Trinajstić information content (AvgIpc) is 3.10. The second-order valence-electron chi connectivity index (χ2n) is 15.0. The summed E-state index contributed by atoms with van der Waals surface area (Å²) in [5.41, 5.74) is 0. The molecule has 0 aliphatic carbocycles. The summed E-state index contributed by atoms with van der Waals surface area (Å²) in [5, 5.41) is 0. The minimum Gasteiger partial charge on any atom is -0.0654 e. The van der Waals surface area contributed by atoms with Gasteiger partial charge in [-0.1, -0.05) is 175 Å². The topological polar surface area (TPSA) is 0 Å². The van der Waals surface area contributed by atoms with E-state index in [1.165, 1.54) is 253 Å². The number of unbranched alkanes of at least 4 members (excludes halogenated alkanes) is 31. The van der Waals surface area contributed by atoms with Crippen molar-refractivity contribution in [3.63, 3.8) is 0 Å². The van der Waals surface area contributed by atoms with Crippen molar-refractivity contribution in [2.24, 2.45) is 0 Å². The molecule has 4 heteroatoms. The first-order valence-electron chi connectivity index (χ1n) is 22.3. The first kappa shape index (κ1) is 49.8. The Kier molecular flexibility index (Phi) is 44.9. The van der Waals surface area contributed by atoms with Crippen LogP contribution in [0.2, 0.25) is 4.44 Å². The SMILES string of the molecule is CCCCCCCCCCCCSC(CCCCCC[CH2][Sn])(SCCCCCCCCCCCC)SCCCCCCCCCCCC. The molecule has 0 rings (SSSR count). The molecule has 0 aromatic carbocycles. The second-order valence-corrected chi connectivity index (χ2v) is 21.4. The van der Waals surface area contributed by atoms with Crippen molar-refractivity contribution in [2.75, 3.05) is 17.3 Å². The number of thioether (sulfide) groups is 3. The first-order chi connectivity index (χ1) is 23.7. The fourth-order valence-corrected chi connectivity index (χ4v) is 12.8. The van der Waals surface area contributed by atoms with Gasteiger partial charge in [0.2, 0.25) is 0 Å². The fourth-order valence-electron chi connectivity index (χ4n) is 6.79. The van der Waals surface area contributed by atoms with Crippen LogP contribution in [0.5, 0.6) is 0 Å². The van der Waals surface area contributed by atoms with Crippen LogP contribution in [0.25, 0.3) is 0 Å². The van der Waals surface area contributed by atoms with Gasteiger partial charge in [-0.2, -0.15) is 0 Å². The molecule has 3 radical (unpaired) electrons. The molecule has 0 nitrogen and oxygen atoms in total. The maximum absolute atomic E-state index is 2.41. The molecule has 0 bridgehead atoms.